The standard InChI is InChI=1S/C20H26N4O2/c1-14-12-24(13-17(14)19(25)26-3)20(21-2)23-11-9-16-7-4-6-15-8-5-10-22-18(15)16/h4-8,10,14,17H,9,11-13H2,1-3H3,(H,21,23). The van der Waals surface area contributed by atoms with Gasteiger partial charge >= 0.3 is 5.97 Å². The van der Waals surface area contributed by atoms with Crippen LogP contribution in [0.15, 0.2) is 41.5 Å². The molecule has 1 aliphatic rings. The van der Waals surface area contributed by atoms with Crippen LogP contribution in [-0.2, 0) is 16.0 Å². The second-order valence-corrected chi connectivity index (χ2v) is 6.73. The summed E-state index contributed by atoms with van der Waals surface area (Å²) in [5.41, 5.74) is 2.26. The van der Waals surface area contributed by atoms with Crippen LogP contribution in [0, 0.1) is 11.8 Å². The Hall–Kier alpha value is -2.63. The highest BCUT2D eigenvalue weighted by Gasteiger charge is 2.36. The van der Waals surface area contributed by atoms with Gasteiger partial charge in [0.15, 0.2) is 5.96 Å². The number of rotatable bonds is 4. The molecule has 0 spiro atoms. The molecule has 0 amide bonds. The van der Waals surface area contributed by atoms with Gasteiger partial charge < -0.3 is 15.0 Å². The van der Waals surface area contributed by atoms with Crippen molar-refractivity contribution in [3.8, 4) is 0 Å². The molecule has 26 heavy (non-hydrogen) atoms. The number of fused-ring (bicyclic) bond motifs is 1. The maximum atomic E-state index is 11.9. The van der Waals surface area contributed by atoms with Crippen LogP contribution in [0.2, 0.25) is 0 Å². The second kappa shape index (κ2) is 8.17. The molecule has 6 heteroatoms. The van der Waals surface area contributed by atoms with Crippen LogP contribution in [0.3, 0.4) is 0 Å². The minimum Gasteiger partial charge on any atom is -0.469 e. The number of guanidine groups is 1. The van der Waals surface area contributed by atoms with Crippen LogP contribution in [0.1, 0.15) is 12.5 Å². The summed E-state index contributed by atoms with van der Waals surface area (Å²) in [5, 5.41) is 4.57. The van der Waals surface area contributed by atoms with Crippen LogP contribution >= 0.6 is 0 Å². The van der Waals surface area contributed by atoms with Crippen molar-refractivity contribution in [2.24, 2.45) is 16.8 Å². The average Bonchev–Trinajstić information content (AvgIpc) is 3.06. The summed E-state index contributed by atoms with van der Waals surface area (Å²) in [6.07, 6.45) is 2.69. The molecule has 0 aliphatic carbocycles. The maximum absolute atomic E-state index is 11.9. The number of carbonyl (C=O) groups excluding carboxylic acids is 1. The largest absolute Gasteiger partial charge is 0.469 e. The number of para-hydroxylation sites is 1. The zero-order valence-corrected chi connectivity index (χ0v) is 15.6. The van der Waals surface area contributed by atoms with Gasteiger partial charge in [0, 0.05) is 38.3 Å². The summed E-state index contributed by atoms with van der Waals surface area (Å²) >= 11 is 0. The van der Waals surface area contributed by atoms with Crippen molar-refractivity contribution in [1.29, 1.82) is 0 Å². The van der Waals surface area contributed by atoms with E-state index < -0.39 is 0 Å². The molecular weight excluding hydrogens is 328 g/mol. The van der Waals surface area contributed by atoms with Crippen molar-refractivity contribution in [2.45, 2.75) is 13.3 Å². The molecule has 1 aromatic carbocycles. The fourth-order valence-electron chi connectivity index (χ4n) is 3.61. The third kappa shape index (κ3) is 3.79. The number of carbonyl (C=O) groups is 1. The van der Waals surface area contributed by atoms with E-state index in [4.69, 9.17) is 4.74 Å². The van der Waals surface area contributed by atoms with Gasteiger partial charge in [-0.15, -0.1) is 0 Å². The molecule has 2 aromatic rings. The number of benzene rings is 1. The molecular formula is C20H26N4O2. The monoisotopic (exact) mass is 354 g/mol. The Morgan fingerprint density at radius 2 is 2.15 bits per heavy atom. The Labute approximate surface area is 154 Å². The highest BCUT2D eigenvalue weighted by molar-refractivity contribution is 5.83. The number of nitrogens with one attached hydrogen (secondary N) is 1. The third-order valence-electron chi connectivity index (χ3n) is 5.02. The number of likely N-dealkylation sites (tertiary alicyclic amines) is 1. The second-order valence-electron chi connectivity index (χ2n) is 6.73. The molecule has 1 N–H and O–H groups in total. The van der Waals surface area contributed by atoms with Crippen LogP contribution < -0.4 is 5.32 Å². The number of methoxy groups -OCH3 is 1. The summed E-state index contributed by atoms with van der Waals surface area (Å²) < 4.78 is 4.91. The van der Waals surface area contributed by atoms with E-state index in [1.165, 1.54) is 12.7 Å². The van der Waals surface area contributed by atoms with Gasteiger partial charge in [-0.2, -0.15) is 0 Å². The molecule has 1 aliphatic heterocycles. The van der Waals surface area contributed by atoms with Crippen molar-refractivity contribution in [3.05, 3.63) is 42.1 Å². The molecule has 6 nitrogen and oxygen atoms in total. The lowest BCUT2D eigenvalue weighted by Gasteiger charge is -2.21. The number of esters is 1. The number of ether oxygens (including phenoxy) is 1. The maximum Gasteiger partial charge on any atom is 0.310 e. The van der Waals surface area contributed by atoms with Gasteiger partial charge in [-0.3, -0.25) is 14.8 Å². The van der Waals surface area contributed by atoms with Crippen LogP contribution in [0.5, 0.6) is 0 Å². The molecule has 0 radical (unpaired) electrons. The van der Waals surface area contributed by atoms with Crippen molar-refractivity contribution >= 4 is 22.8 Å². The zero-order valence-electron chi connectivity index (χ0n) is 15.6. The van der Waals surface area contributed by atoms with Gasteiger partial charge in [-0.05, 0) is 24.0 Å². The fraction of sp³-hybridized carbons (Fsp3) is 0.450. The summed E-state index contributed by atoms with van der Waals surface area (Å²) in [6.45, 7) is 4.28. The molecule has 1 aromatic heterocycles. The molecule has 2 heterocycles. The number of aliphatic imine (C=N–C) groups is 1. The van der Waals surface area contributed by atoms with Gasteiger partial charge in [0.05, 0.1) is 18.5 Å². The van der Waals surface area contributed by atoms with Gasteiger partial charge in [-0.25, -0.2) is 0 Å². The molecule has 2 atom stereocenters. The highest BCUT2D eigenvalue weighted by atomic mass is 16.5. The Kier molecular flexibility index (Phi) is 5.71. The number of aromatic nitrogens is 1. The van der Waals surface area contributed by atoms with Gasteiger partial charge in [0.1, 0.15) is 0 Å². The van der Waals surface area contributed by atoms with Crippen molar-refractivity contribution in [3.63, 3.8) is 0 Å². The van der Waals surface area contributed by atoms with E-state index >= 15 is 0 Å². The molecule has 3 rings (SSSR count). The first-order valence-electron chi connectivity index (χ1n) is 9.00. The van der Waals surface area contributed by atoms with E-state index in [0.717, 1.165) is 36.4 Å². The minimum atomic E-state index is -0.141. The quantitative estimate of drug-likeness (QED) is 0.517. The SMILES string of the molecule is CN=C(NCCc1cccc2cccnc12)N1CC(C)C(C(=O)OC)C1. The number of pyridine rings is 1. The smallest absolute Gasteiger partial charge is 0.310 e. The highest BCUT2D eigenvalue weighted by Crippen LogP contribution is 2.24. The topological polar surface area (TPSA) is 66.8 Å². The molecule has 0 bridgehead atoms. The molecule has 2 unspecified atom stereocenters. The number of hydrogen-bond donors (Lipinski definition) is 1. The van der Waals surface area contributed by atoms with Gasteiger partial charge in [-0.1, -0.05) is 31.2 Å². The molecule has 138 valence electrons. The van der Waals surface area contributed by atoms with Crippen molar-refractivity contribution < 1.29 is 9.53 Å². The number of hydrogen-bond acceptors (Lipinski definition) is 4. The predicted molar refractivity (Wildman–Crippen MR) is 103 cm³/mol. The van der Waals surface area contributed by atoms with Gasteiger partial charge in [0.2, 0.25) is 0 Å². The minimum absolute atomic E-state index is 0.0965. The Balaban J connectivity index is 1.61. The van der Waals surface area contributed by atoms with Crippen LogP contribution in [0.4, 0.5) is 0 Å². The average molecular weight is 354 g/mol. The first-order valence-corrected chi connectivity index (χ1v) is 9.00. The number of nitrogens with zero attached hydrogens (tertiary/aromatic N) is 3. The Morgan fingerprint density at radius 3 is 2.92 bits per heavy atom. The van der Waals surface area contributed by atoms with E-state index in [1.54, 1.807) is 7.05 Å². The lowest BCUT2D eigenvalue weighted by Crippen LogP contribution is -2.41. The lowest BCUT2D eigenvalue weighted by molar-refractivity contribution is -0.145. The lowest BCUT2D eigenvalue weighted by atomic mass is 9.99. The van der Waals surface area contributed by atoms with Crippen LogP contribution in [-0.4, -0.2) is 55.6 Å². The molecule has 1 saturated heterocycles. The zero-order chi connectivity index (χ0) is 18.5. The van der Waals surface area contributed by atoms with E-state index in [2.05, 4.69) is 51.4 Å². The van der Waals surface area contributed by atoms with Crippen molar-refractivity contribution in [1.82, 2.24) is 15.2 Å². The first-order chi connectivity index (χ1) is 12.6. The van der Waals surface area contributed by atoms with E-state index in [0.29, 0.717) is 6.54 Å². The van der Waals surface area contributed by atoms with E-state index in [1.807, 2.05) is 12.3 Å². The fourth-order valence-corrected chi connectivity index (χ4v) is 3.61. The molecule has 0 saturated carbocycles. The third-order valence-corrected chi connectivity index (χ3v) is 5.02. The molecule has 1 fully saturated rings. The predicted octanol–water partition coefficient (Wildman–Crippen LogP) is 2.09. The summed E-state index contributed by atoms with van der Waals surface area (Å²) in [7, 11) is 3.22. The van der Waals surface area contributed by atoms with E-state index in [9.17, 15) is 4.79 Å². The Bertz CT molecular complexity index is 800. The normalized spacial score (nSPS) is 20.4. The summed E-state index contributed by atoms with van der Waals surface area (Å²) in [5.74, 6) is 0.845. The van der Waals surface area contributed by atoms with Crippen molar-refractivity contribution in [2.75, 3.05) is 33.8 Å². The summed E-state index contributed by atoms with van der Waals surface area (Å²) in [6, 6.07) is 10.3. The Morgan fingerprint density at radius 1 is 1.35 bits per heavy atom. The van der Waals surface area contributed by atoms with Crippen LogP contribution in [0.25, 0.3) is 10.9 Å². The first kappa shape index (κ1) is 18.2. The summed E-state index contributed by atoms with van der Waals surface area (Å²) in [4.78, 5) is 22.9. The van der Waals surface area contributed by atoms with E-state index in [-0.39, 0.29) is 17.8 Å². The van der Waals surface area contributed by atoms with Gasteiger partial charge in [0.25, 0.3) is 0 Å².